The highest BCUT2D eigenvalue weighted by Crippen LogP contribution is 2.27. The zero-order valence-electron chi connectivity index (χ0n) is 17.9. The maximum atomic E-state index is 12.7. The van der Waals surface area contributed by atoms with Crippen LogP contribution in [0.4, 0.5) is 5.69 Å². The first-order valence-electron chi connectivity index (χ1n) is 10.9. The third-order valence-electron chi connectivity index (χ3n) is 5.56. The van der Waals surface area contributed by atoms with Gasteiger partial charge in [-0.1, -0.05) is 0 Å². The van der Waals surface area contributed by atoms with Crippen LogP contribution in [0, 0.1) is 0 Å². The predicted molar refractivity (Wildman–Crippen MR) is 120 cm³/mol. The number of fused-ring (bicyclic) bond motifs is 1. The fraction of sp³-hybridized carbons (Fsp3) is 0.619. The van der Waals surface area contributed by atoms with Gasteiger partial charge in [0.2, 0.25) is 5.91 Å². The number of carbonyl (C=O) groups excluding carboxylic acids is 1. The number of thiazole rings is 1. The first-order valence-corrected chi connectivity index (χ1v) is 11.8. The van der Waals surface area contributed by atoms with Gasteiger partial charge in [0.25, 0.3) is 0 Å². The van der Waals surface area contributed by atoms with Crippen molar-refractivity contribution in [3.8, 4) is 0 Å². The number of nitrogens with one attached hydrogen (secondary N) is 1. The van der Waals surface area contributed by atoms with E-state index in [-0.39, 0.29) is 5.91 Å². The lowest BCUT2D eigenvalue weighted by Gasteiger charge is -2.35. The van der Waals surface area contributed by atoms with E-state index in [1.54, 1.807) is 15.8 Å². The molecule has 2 aliphatic rings. The second-order valence-corrected chi connectivity index (χ2v) is 9.03. The van der Waals surface area contributed by atoms with E-state index < -0.39 is 0 Å². The number of guanidine groups is 1. The van der Waals surface area contributed by atoms with E-state index in [1.807, 2.05) is 24.6 Å². The predicted octanol–water partition coefficient (Wildman–Crippen LogP) is 2.00. The summed E-state index contributed by atoms with van der Waals surface area (Å²) >= 11 is 1.89. The third kappa shape index (κ3) is 4.83. The fourth-order valence-electron chi connectivity index (χ4n) is 4.03. The van der Waals surface area contributed by atoms with Crippen molar-refractivity contribution in [2.45, 2.75) is 45.4 Å². The molecule has 0 atom stereocenters. The summed E-state index contributed by atoms with van der Waals surface area (Å²) < 4.78 is 1.72. The average molecular weight is 430 g/mol. The standard InChI is InChI=1S/C21H31N7OS/c1-3-22-21(23-10-6-9-19-25-17-7-4-5-8-18(17)30-19)27-11-12-28(20(29)15-27)16-13-24-26(2)14-16/h13-14H,3-12,15H2,1-2H3,(H,22,23). The van der Waals surface area contributed by atoms with E-state index >= 15 is 0 Å². The summed E-state index contributed by atoms with van der Waals surface area (Å²) in [5.74, 6) is 0.906. The first-order chi connectivity index (χ1) is 14.6. The number of carbonyl (C=O) groups is 1. The maximum Gasteiger partial charge on any atom is 0.246 e. The highest BCUT2D eigenvalue weighted by Gasteiger charge is 2.27. The number of aryl methyl sites for hydroxylation is 4. The lowest BCUT2D eigenvalue weighted by Crippen LogP contribution is -2.55. The summed E-state index contributed by atoms with van der Waals surface area (Å²) in [6.45, 7) is 5.31. The minimum absolute atomic E-state index is 0.0771. The molecule has 8 nitrogen and oxygen atoms in total. The fourth-order valence-corrected chi connectivity index (χ4v) is 5.23. The van der Waals surface area contributed by atoms with Crippen LogP contribution in [0.3, 0.4) is 0 Å². The number of nitrogens with zero attached hydrogens (tertiary/aromatic N) is 6. The molecule has 0 saturated carbocycles. The monoisotopic (exact) mass is 429 g/mol. The van der Waals surface area contributed by atoms with Crippen molar-refractivity contribution >= 4 is 28.9 Å². The smallest absolute Gasteiger partial charge is 0.246 e. The number of hydrogen-bond donors (Lipinski definition) is 1. The highest BCUT2D eigenvalue weighted by molar-refractivity contribution is 7.11. The van der Waals surface area contributed by atoms with Gasteiger partial charge < -0.3 is 15.1 Å². The Morgan fingerprint density at radius 3 is 2.90 bits per heavy atom. The summed E-state index contributed by atoms with van der Waals surface area (Å²) in [5, 5.41) is 8.77. The molecule has 1 amide bonds. The van der Waals surface area contributed by atoms with Crippen LogP contribution in [-0.4, -0.2) is 64.3 Å². The molecule has 2 aromatic heterocycles. The molecular formula is C21H31N7OS. The number of piperazine rings is 1. The summed E-state index contributed by atoms with van der Waals surface area (Å²) in [6.07, 6.45) is 10.5. The molecule has 1 aliphatic carbocycles. The van der Waals surface area contributed by atoms with E-state index in [4.69, 9.17) is 9.98 Å². The van der Waals surface area contributed by atoms with Gasteiger partial charge in [-0.3, -0.25) is 14.5 Å². The van der Waals surface area contributed by atoms with Crippen molar-refractivity contribution in [3.63, 3.8) is 0 Å². The van der Waals surface area contributed by atoms with Gasteiger partial charge in [0, 0.05) is 50.7 Å². The minimum Gasteiger partial charge on any atom is -0.357 e. The molecule has 0 unspecified atom stereocenters. The summed E-state index contributed by atoms with van der Waals surface area (Å²) in [7, 11) is 1.86. The number of rotatable bonds is 6. The number of hydrogen-bond acceptors (Lipinski definition) is 5. The number of anilines is 1. The Balaban J connectivity index is 1.31. The molecule has 3 heterocycles. The minimum atomic E-state index is 0.0771. The molecule has 1 N–H and O–H groups in total. The normalized spacial score (nSPS) is 17.4. The molecule has 30 heavy (non-hydrogen) atoms. The van der Waals surface area contributed by atoms with Crippen molar-refractivity contribution in [2.75, 3.05) is 37.6 Å². The molecule has 2 aromatic rings. The Morgan fingerprint density at radius 2 is 2.17 bits per heavy atom. The molecule has 4 rings (SSSR count). The zero-order chi connectivity index (χ0) is 20.9. The maximum absolute atomic E-state index is 12.7. The third-order valence-corrected chi connectivity index (χ3v) is 6.78. The molecule has 0 aromatic carbocycles. The SMILES string of the molecule is CCNC(=NCCCc1nc2c(s1)CCCC2)N1CCN(c2cnn(C)c2)C(=O)C1. The van der Waals surface area contributed by atoms with Crippen molar-refractivity contribution in [1.29, 1.82) is 0 Å². The van der Waals surface area contributed by atoms with Crippen LogP contribution in [0.25, 0.3) is 0 Å². The first kappa shape index (κ1) is 20.8. The van der Waals surface area contributed by atoms with Crippen molar-refractivity contribution in [1.82, 2.24) is 25.0 Å². The number of amides is 1. The molecular weight excluding hydrogens is 398 g/mol. The van der Waals surface area contributed by atoms with E-state index in [0.29, 0.717) is 13.1 Å². The second kappa shape index (κ2) is 9.59. The molecule has 9 heteroatoms. The Kier molecular flexibility index (Phi) is 6.66. The molecule has 0 radical (unpaired) electrons. The Bertz CT molecular complexity index is 880. The Labute approximate surface area is 182 Å². The zero-order valence-corrected chi connectivity index (χ0v) is 18.7. The van der Waals surface area contributed by atoms with Gasteiger partial charge in [0.1, 0.15) is 6.54 Å². The van der Waals surface area contributed by atoms with Gasteiger partial charge in [-0.15, -0.1) is 11.3 Å². The van der Waals surface area contributed by atoms with E-state index in [9.17, 15) is 4.79 Å². The summed E-state index contributed by atoms with van der Waals surface area (Å²) in [6, 6.07) is 0. The lowest BCUT2D eigenvalue weighted by atomic mass is 10.0. The van der Waals surface area contributed by atoms with Gasteiger partial charge in [0.15, 0.2) is 5.96 Å². The summed E-state index contributed by atoms with van der Waals surface area (Å²) in [4.78, 5) is 27.7. The lowest BCUT2D eigenvalue weighted by molar-refractivity contribution is -0.120. The van der Waals surface area contributed by atoms with Gasteiger partial charge in [0.05, 0.1) is 22.6 Å². The molecule has 1 fully saturated rings. The average Bonchev–Trinajstić information content (AvgIpc) is 3.36. The van der Waals surface area contributed by atoms with Crippen LogP contribution in [0.5, 0.6) is 0 Å². The van der Waals surface area contributed by atoms with Gasteiger partial charge >= 0.3 is 0 Å². The molecule has 162 valence electrons. The quantitative estimate of drug-likeness (QED) is 0.432. The molecule has 1 saturated heterocycles. The van der Waals surface area contributed by atoms with Gasteiger partial charge in [-0.2, -0.15) is 5.10 Å². The highest BCUT2D eigenvalue weighted by atomic mass is 32.1. The number of aliphatic imine (C=N–C) groups is 1. The second-order valence-electron chi connectivity index (χ2n) is 7.86. The van der Waals surface area contributed by atoms with Crippen LogP contribution in [0.2, 0.25) is 0 Å². The van der Waals surface area contributed by atoms with E-state index in [1.165, 1.54) is 34.8 Å². The van der Waals surface area contributed by atoms with Gasteiger partial charge in [-0.25, -0.2) is 4.98 Å². The van der Waals surface area contributed by atoms with Crippen LogP contribution >= 0.6 is 11.3 Å². The number of aromatic nitrogens is 3. The summed E-state index contributed by atoms with van der Waals surface area (Å²) in [5.41, 5.74) is 2.19. The van der Waals surface area contributed by atoms with E-state index in [0.717, 1.165) is 50.5 Å². The molecule has 1 aliphatic heterocycles. The van der Waals surface area contributed by atoms with E-state index in [2.05, 4.69) is 22.2 Å². The molecule has 0 bridgehead atoms. The van der Waals surface area contributed by atoms with Crippen LogP contribution in [0.1, 0.15) is 41.8 Å². The van der Waals surface area contributed by atoms with Crippen LogP contribution in [-0.2, 0) is 31.1 Å². The van der Waals surface area contributed by atoms with Crippen LogP contribution in [0.15, 0.2) is 17.4 Å². The van der Waals surface area contributed by atoms with Crippen molar-refractivity contribution < 1.29 is 4.79 Å². The topological polar surface area (TPSA) is 78.7 Å². The molecule has 0 spiro atoms. The van der Waals surface area contributed by atoms with Gasteiger partial charge in [-0.05, 0) is 39.0 Å². The Morgan fingerprint density at radius 1 is 1.30 bits per heavy atom. The van der Waals surface area contributed by atoms with Crippen molar-refractivity contribution in [2.24, 2.45) is 12.0 Å². The van der Waals surface area contributed by atoms with Crippen molar-refractivity contribution in [3.05, 3.63) is 28.0 Å². The Hall–Kier alpha value is -2.42. The van der Waals surface area contributed by atoms with Crippen LogP contribution < -0.4 is 10.2 Å². The largest absolute Gasteiger partial charge is 0.357 e.